The minimum Gasteiger partial charge on any atom is -0.337 e. The van der Waals surface area contributed by atoms with Gasteiger partial charge < -0.3 is 5.32 Å². The molecular formula is C13H11N3S. The molecule has 1 aromatic heterocycles. The van der Waals surface area contributed by atoms with E-state index in [1.54, 1.807) is 24.2 Å². The Kier molecular flexibility index (Phi) is 2.57. The van der Waals surface area contributed by atoms with Crippen LogP contribution in [0.3, 0.4) is 0 Å². The molecule has 0 aliphatic carbocycles. The van der Waals surface area contributed by atoms with E-state index in [9.17, 15) is 0 Å². The number of rotatable bonds is 1. The topological polar surface area (TPSA) is 37.8 Å². The molecule has 84 valence electrons. The van der Waals surface area contributed by atoms with E-state index in [0.717, 1.165) is 16.5 Å². The van der Waals surface area contributed by atoms with E-state index in [2.05, 4.69) is 39.6 Å². The number of hydrogen-bond donors (Lipinski definition) is 1. The van der Waals surface area contributed by atoms with Crippen molar-refractivity contribution in [1.29, 1.82) is 0 Å². The first-order valence-electron chi connectivity index (χ1n) is 5.39. The molecule has 0 bridgehead atoms. The van der Waals surface area contributed by atoms with Crippen molar-refractivity contribution in [1.82, 2.24) is 9.97 Å². The second kappa shape index (κ2) is 4.22. The molecule has 0 saturated carbocycles. The summed E-state index contributed by atoms with van der Waals surface area (Å²) in [5, 5.41) is 4.24. The summed E-state index contributed by atoms with van der Waals surface area (Å²) in [6.07, 6.45) is 7.53. The van der Waals surface area contributed by atoms with Crippen LogP contribution in [0.25, 0.3) is 6.08 Å². The second-order valence-electron chi connectivity index (χ2n) is 3.69. The molecular weight excluding hydrogens is 230 g/mol. The van der Waals surface area contributed by atoms with E-state index in [1.807, 2.05) is 13.0 Å². The van der Waals surface area contributed by atoms with Crippen LogP contribution in [0.4, 0.5) is 11.5 Å². The molecule has 4 heteroatoms. The Morgan fingerprint density at radius 1 is 1.24 bits per heavy atom. The summed E-state index contributed by atoms with van der Waals surface area (Å²) in [5.41, 5.74) is 2.28. The molecule has 1 aromatic carbocycles. The molecule has 3 rings (SSSR count). The first kappa shape index (κ1) is 10.4. The molecule has 0 atom stereocenters. The van der Waals surface area contributed by atoms with Crippen LogP contribution >= 0.6 is 11.8 Å². The molecule has 1 aliphatic rings. The fraction of sp³-hybridized carbons (Fsp3) is 0.0769. The molecule has 0 spiro atoms. The van der Waals surface area contributed by atoms with Gasteiger partial charge in [-0.2, -0.15) is 0 Å². The molecule has 2 heterocycles. The van der Waals surface area contributed by atoms with E-state index < -0.39 is 0 Å². The van der Waals surface area contributed by atoms with Crippen molar-refractivity contribution in [2.45, 2.75) is 16.8 Å². The van der Waals surface area contributed by atoms with Crippen LogP contribution in [0.5, 0.6) is 0 Å². The number of anilines is 2. The Bertz CT molecular complexity index is 593. The number of fused-ring (bicyclic) bond motifs is 2. The Morgan fingerprint density at radius 2 is 2.12 bits per heavy atom. The average molecular weight is 241 g/mol. The van der Waals surface area contributed by atoms with Crippen molar-refractivity contribution < 1.29 is 0 Å². The Morgan fingerprint density at radius 3 is 3.00 bits per heavy atom. The van der Waals surface area contributed by atoms with Gasteiger partial charge in [-0.3, -0.25) is 0 Å². The number of allylic oxidation sites excluding steroid dienone is 1. The lowest BCUT2D eigenvalue weighted by Crippen LogP contribution is -2.03. The van der Waals surface area contributed by atoms with Crippen LogP contribution in [-0.4, -0.2) is 9.97 Å². The lowest BCUT2D eigenvalue weighted by molar-refractivity contribution is 1.05. The highest BCUT2D eigenvalue weighted by atomic mass is 32.2. The first-order valence-corrected chi connectivity index (χ1v) is 6.21. The van der Waals surface area contributed by atoms with Crippen LogP contribution in [-0.2, 0) is 0 Å². The van der Waals surface area contributed by atoms with Gasteiger partial charge in [-0.1, -0.05) is 30.0 Å². The van der Waals surface area contributed by atoms with Crippen molar-refractivity contribution in [2.24, 2.45) is 0 Å². The maximum Gasteiger partial charge on any atom is 0.163 e. The molecule has 2 aromatic rings. The number of hydrogen-bond acceptors (Lipinski definition) is 4. The van der Waals surface area contributed by atoms with Gasteiger partial charge in [0.05, 0.1) is 5.69 Å². The van der Waals surface area contributed by atoms with Gasteiger partial charge in [0.25, 0.3) is 0 Å². The summed E-state index contributed by atoms with van der Waals surface area (Å²) in [6.45, 7) is 2.02. The van der Waals surface area contributed by atoms with Crippen molar-refractivity contribution in [3.8, 4) is 0 Å². The van der Waals surface area contributed by atoms with Crippen LogP contribution in [0.2, 0.25) is 0 Å². The average Bonchev–Trinajstić information content (AvgIpc) is 2.36. The van der Waals surface area contributed by atoms with Gasteiger partial charge in [0, 0.05) is 17.3 Å². The highest BCUT2D eigenvalue weighted by Gasteiger charge is 2.17. The summed E-state index contributed by atoms with van der Waals surface area (Å²) in [5.74, 6) is 0.836. The zero-order valence-electron chi connectivity index (χ0n) is 9.34. The SMILES string of the molecule is C/C=C/c1ccc2c(c1)Nc1nccnc1S2. The summed E-state index contributed by atoms with van der Waals surface area (Å²) in [4.78, 5) is 9.77. The summed E-state index contributed by atoms with van der Waals surface area (Å²) in [7, 11) is 0. The van der Waals surface area contributed by atoms with E-state index in [0.29, 0.717) is 0 Å². The third-order valence-corrected chi connectivity index (χ3v) is 3.56. The second-order valence-corrected chi connectivity index (χ2v) is 4.72. The number of nitrogens with zero attached hydrogens (tertiary/aromatic N) is 2. The third-order valence-electron chi connectivity index (χ3n) is 2.49. The van der Waals surface area contributed by atoms with Crippen molar-refractivity contribution >= 4 is 29.3 Å². The van der Waals surface area contributed by atoms with Gasteiger partial charge >= 0.3 is 0 Å². The predicted molar refractivity (Wildman–Crippen MR) is 70.6 cm³/mol. The van der Waals surface area contributed by atoms with E-state index in [4.69, 9.17) is 0 Å². The Balaban J connectivity index is 2.03. The van der Waals surface area contributed by atoms with Gasteiger partial charge in [-0.15, -0.1) is 0 Å². The van der Waals surface area contributed by atoms with Gasteiger partial charge in [0.2, 0.25) is 0 Å². The Hall–Kier alpha value is -1.81. The van der Waals surface area contributed by atoms with Crippen molar-refractivity contribution in [3.63, 3.8) is 0 Å². The van der Waals surface area contributed by atoms with Crippen LogP contribution in [0.1, 0.15) is 12.5 Å². The zero-order valence-corrected chi connectivity index (χ0v) is 10.2. The minimum atomic E-state index is 0.836. The van der Waals surface area contributed by atoms with E-state index in [-0.39, 0.29) is 0 Å². The maximum atomic E-state index is 4.30. The molecule has 1 aliphatic heterocycles. The quantitative estimate of drug-likeness (QED) is 0.704. The van der Waals surface area contributed by atoms with E-state index in [1.165, 1.54) is 10.5 Å². The highest BCUT2D eigenvalue weighted by molar-refractivity contribution is 7.99. The molecule has 1 N–H and O–H groups in total. The van der Waals surface area contributed by atoms with Gasteiger partial charge in [0.15, 0.2) is 5.82 Å². The van der Waals surface area contributed by atoms with Gasteiger partial charge in [-0.05, 0) is 24.6 Å². The lowest BCUT2D eigenvalue weighted by Gasteiger charge is -2.18. The minimum absolute atomic E-state index is 0.836. The van der Waals surface area contributed by atoms with Crippen LogP contribution in [0, 0.1) is 0 Å². The standard InChI is InChI=1S/C13H11N3S/c1-2-3-9-4-5-11-10(8-9)16-12-13(17-11)15-7-6-14-12/h2-8H,1H3,(H,14,16)/b3-2+. The summed E-state index contributed by atoms with van der Waals surface area (Å²) < 4.78 is 0. The summed E-state index contributed by atoms with van der Waals surface area (Å²) in [6, 6.07) is 6.34. The molecule has 0 unspecified atom stereocenters. The molecule has 0 radical (unpaired) electrons. The molecule has 0 amide bonds. The third kappa shape index (κ3) is 1.91. The fourth-order valence-corrected chi connectivity index (χ4v) is 2.63. The largest absolute Gasteiger partial charge is 0.337 e. The summed E-state index contributed by atoms with van der Waals surface area (Å²) >= 11 is 1.65. The Labute approximate surface area is 104 Å². The van der Waals surface area contributed by atoms with Crippen molar-refractivity contribution in [3.05, 3.63) is 42.2 Å². The normalized spacial score (nSPS) is 13.0. The fourth-order valence-electron chi connectivity index (χ4n) is 1.75. The lowest BCUT2D eigenvalue weighted by atomic mass is 10.2. The first-order chi connectivity index (χ1) is 8.36. The number of nitrogens with one attached hydrogen (secondary N) is 1. The van der Waals surface area contributed by atoms with E-state index >= 15 is 0 Å². The van der Waals surface area contributed by atoms with Gasteiger partial charge in [0.1, 0.15) is 5.03 Å². The number of aromatic nitrogens is 2. The predicted octanol–water partition coefficient (Wildman–Crippen LogP) is 3.72. The van der Waals surface area contributed by atoms with Gasteiger partial charge in [-0.25, -0.2) is 9.97 Å². The highest BCUT2D eigenvalue weighted by Crippen LogP contribution is 2.42. The molecule has 3 nitrogen and oxygen atoms in total. The molecule has 0 fully saturated rings. The zero-order chi connectivity index (χ0) is 11.7. The molecule has 0 saturated heterocycles. The number of benzene rings is 1. The molecule has 17 heavy (non-hydrogen) atoms. The monoisotopic (exact) mass is 241 g/mol. The van der Waals surface area contributed by atoms with Crippen molar-refractivity contribution in [2.75, 3.05) is 5.32 Å². The maximum absolute atomic E-state index is 4.30. The van der Waals surface area contributed by atoms with Crippen LogP contribution in [0.15, 0.2) is 46.6 Å². The smallest absolute Gasteiger partial charge is 0.163 e. The van der Waals surface area contributed by atoms with Crippen LogP contribution < -0.4 is 5.32 Å².